The minimum Gasteiger partial charge on any atom is -0.466 e. The number of ether oxygens (including phenoxy) is 2. The number of hydrogen-bond donors (Lipinski definition) is 0. The molecule has 0 aliphatic heterocycles. The molecule has 2 rings (SSSR count). The highest BCUT2D eigenvalue weighted by Gasteiger charge is 2.67. The Kier molecular flexibility index (Phi) is 7.35. The zero-order chi connectivity index (χ0) is 21.8. The summed E-state index contributed by atoms with van der Waals surface area (Å²) in [5.74, 6) is -3.91. The van der Waals surface area contributed by atoms with Crippen LogP contribution < -0.4 is 0 Å². The summed E-state index contributed by atoms with van der Waals surface area (Å²) in [5.41, 5.74) is -1.34. The summed E-state index contributed by atoms with van der Waals surface area (Å²) in [4.78, 5) is 49.4. The maximum atomic E-state index is 13.0. The number of rotatable bonds is 8. The zero-order valence-corrected chi connectivity index (χ0v) is 17.3. The molecule has 1 aliphatic rings. The summed E-state index contributed by atoms with van der Waals surface area (Å²) in [5, 5.41) is 12.5. The lowest BCUT2D eigenvalue weighted by Gasteiger charge is -2.30. The van der Waals surface area contributed by atoms with E-state index in [1.165, 1.54) is 6.92 Å². The highest BCUT2D eigenvalue weighted by Crippen LogP contribution is 2.55. The van der Waals surface area contributed by atoms with Gasteiger partial charge in [-0.1, -0.05) is 23.7 Å². The quantitative estimate of drug-likeness (QED) is 0.272. The molecule has 0 amide bonds. The van der Waals surface area contributed by atoms with Crippen LogP contribution in [0, 0.1) is 21.4 Å². The lowest BCUT2D eigenvalue weighted by molar-refractivity contribution is -0.532. The van der Waals surface area contributed by atoms with E-state index in [0.29, 0.717) is 10.6 Å². The summed E-state index contributed by atoms with van der Waals surface area (Å²) in [6.45, 7) is 4.60. The van der Waals surface area contributed by atoms with Crippen molar-refractivity contribution in [1.82, 2.24) is 0 Å². The molecular weight excluding hydrogens is 402 g/mol. The molecule has 158 valence electrons. The van der Waals surface area contributed by atoms with Crippen molar-refractivity contribution in [3.63, 3.8) is 0 Å². The fourth-order valence-corrected chi connectivity index (χ4v) is 4.40. The first-order valence-corrected chi connectivity index (χ1v) is 9.79. The Labute approximate surface area is 173 Å². The summed E-state index contributed by atoms with van der Waals surface area (Å²) in [6, 6.07) is 4.87. The molecule has 1 aromatic carbocycles. The average Bonchev–Trinajstić information content (AvgIpc) is 2.99. The Morgan fingerprint density at radius 2 is 1.76 bits per heavy atom. The number of benzene rings is 1. The largest absolute Gasteiger partial charge is 0.466 e. The first kappa shape index (κ1) is 22.8. The monoisotopic (exact) mass is 425 g/mol. The van der Waals surface area contributed by atoms with Gasteiger partial charge in [-0.2, -0.15) is 0 Å². The van der Waals surface area contributed by atoms with E-state index in [4.69, 9.17) is 21.1 Å². The molecule has 1 saturated carbocycles. The van der Waals surface area contributed by atoms with E-state index in [2.05, 4.69) is 0 Å². The number of nitro groups is 1. The molecule has 0 radical (unpaired) electrons. The second kappa shape index (κ2) is 9.35. The van der Waals surface area contributed by atoms with Crippen molar-refractivity contribution in [1.29, 1.82) is 0 Å². The maximum absolute atomic E-state index is 13.0. The molecule has 0 unspecified atom stereocenters. The molecule has 1 fully saturated rings. The number of esters is 2. The first-order valence-electron chi connectivity index (χ1n) is 9.41. The van der Waals surface area contributed by atoms with Crippen LogP contribution in [0.5, 0.6) is 0 Å². The van der Waals surface area contributed by atoms with Gasteiger partial charge in [0.1, 0.15) is 11.2 Å². The van der Waals surface area contributed by atoms with Crippen molar-refractivity contribution >= 4 is 29.3 Å². The fourth-order valence-electron chi connectivity index (χ4n) is 4.27. The molecular formula is C20H24ClNO7. The number of hydrogen-bond acceptors (Lipinski definition) is 7. The minimum atomic E-state index is -1.77. The Balaban J connectivity index is 2.65. The van der Waals surface area contributed by atoms with Crippen molar-refractivity contribution in [2.45, 2.75) is 45.6 Å². The van der Waals surface area contributed by atoms with Crippen molar-refractivity contribution in [3.8, 4) is 0 Å². The van der Waals surface area contributed by atoms with Gasteiger partial charge < -0.3 is 9.47 Å². The van der Waals surface area contributed by atoms with Crippen LogP contribution in [0.15, 0.2) is 24.3 Å². The van der Waals surface area contributed by atoms with E-state index in [-0.39, 0.29) is 26.1 Å². The van der Waals surface area contributed by atoms with Gasteiger partial charge >= 0.3 is 11.9 Å². The highest BCUT2D eigenvalue weighted by atomic mass is 35.5. The van der Waals surface area contributed by atoms with Crippen molar-refractivity contribution in [2.24, 2.45) is 11.3 Å². The van der Waals surface area contributed by atoms with Crippen molar-refractivity contribution < 1.29 is 28.8 Å². The van der Waals surface area contributed by atoms with Crippen LogP contribution in [0.2, 0.25) is 5.02 Å². The number of carbonyl (C=O) groups excluding carboxylic acids is 3. The molecule has 0 N–H and O–H groups in total. The predicted octanol–water partition coefficient (Wildman–Crippen LogP) is 3.18. The predicted molar refractivity (Wildman–Crippen MR) is 104 cm³/mol. The van der Waals surface area contributed by atoms with E-state index in [9.17, 15) is 24.5 Å². The third-order valence-corrected chi connectivity index (χ3v) is 5.67. The summed E-state index contributed by atoms with van der Waals surface area (Å²) < 4.78 is 10.1. The average molecular weight is 426 g/mol. The lowest BCUT2D eigenvalue weighted by atomic mass is 9.70. The highest BCUT2D eigenvalue weighted by molar-refractivity contribution is 6.30. The van der Waals surface area contributed by atoms with E-state index in [1.54, 1.807) is 38.1 Å². The summed E-state index contributed by atoms with van der Waals surface area (Å²) in [7, 11) is 0. The number of halogens is 1. The molecule has 1 aromatic rings. The number of carbonyl (C=O) groups is 3. The Morgan fingerprint density at radius 1 is 1.17 bits per heavy atom. The molecule has 4 atom stereocenters. The summed E-state index contributed by atoms with van der Waals surface area (Å²) in [6.07, 6.45) is -0.434. The standard InChI is InChI=1S/C20H24ClNO7/c1-4-28-16(24)10-14-11-20(12(3)23,19(25)29-5-2)17(18(14)22(26)27)13-6-8-15(21)9-7-13/h6-9,14,17-18H,4-5,10-11H2,1-3H3/t14-,17+,18-,20+/m1/s1. The number of Topliss-reactive ketones (excluding diaryl/α,β-unsaturated/α-hetero) is 1. The van der Waals surface area contributed by atoms with Crippen LogP contribution in [-0.2, 0) is 23.9 Å². The molecule has 8 nitrogen and oxygen atoms in total. The van der Waals surface area contributed by atoms with Gasteiger partial charge in [-0.05, 0) is 44.9 Å². The normalized spacial score (nSPS) is 26.0. The number of nitrogens with zero attached hydrogens (tertiary/aromatic N) is 1. The fraction of sp³-hybridized carbons (Fsp3) is 0.550. The van der Waals surface area contributed by atoms with Gasteiger partial charge in [-0.25, -0.2) is 0 Å². The second-order valence-electron chi connectivity index (χ2n) is 7.03. The van der Waals surface area contributed by atoms with Crippen molar-refractivity contribution in [3.05, 3.63) is 45.0 Å². The Hall–Kier alpha value is -2.48. The molecule has 0 spiro atoms. The lowest BCUT2D eigenvalue weighted by Crippen LogP contribution is -2.44. The van der Waals surface area contributed by atoms with E-state index in [0.717, 1.165) is 0 Å². The smallest absolute Gasteiger partial charge is 0.320 e. The van der Waals surface area contributed by atoms with Gasteiger partial charge in [-0.15, -0.1) is 0 Å². The van der Waals surface area contributed by atoms with Crippen LogP contribution in [0.3, 0.4) is 0 Å². The maximum Gasteiger partial charge on any atom is 0.320 e. The molecule has 0 aromatic heterocycles. The molecule has 1 aliphatic carbocycles. The van der Waals surface area contributed by atoms with Crippen molar-refractivity contribution in [2.75, 3.05) is 13.2 Å². The molecule has 0 bridgehead atoms. The number of ketones is 1. The van der Waals surface area contributed by atoms with E-state index < -0.39 is 45.9 Å². The third kappa shape index (κ3) is 4.42. The van der Waals surface area contributed by atoms with Crippen LogP contribution in [-0.4, -0.2) is 41.9 Å². The Morgan fingerprint density at radius 3 is 2.24 bits per heavy atom. The Bertz CT molecular complexity index is 795. The molecule has 9 heteroatoms. The van der Waals surface area contributed by atoms with E-state index >= 15 is 0 Å². The van der Waals surface area contributed by atoms with Crippen LogP contribution in [0.25, 0.3) is 0 Å². The summed E-state index contributed by atoms with van der Waals surface area (Å²) >= 11 is 5.94. The van der Waals surface area contributed by atoms with Crippen LogP contribution in [0.4, 0.5) is 0 Å². The van der Waals surface area contributed by atoms with E-state index in [1.807, 2.05) is 0 Å². The zero-order valence-electron chi connectivity index (χ0n) is 16.6. The minimum absolute atomic E-state index is 0.0207. The van der Waals surface area contributed by atoms with Gasteiger partial charge in [0.05, 0.1) is 25.6 Å². The molecule has 0 saturated heterocycles. The molecule has 29 heavy (non-hydrogen) atoms. The van der Waals surface area contributed by atoms with Crippen LogP contribution >= 0.6 is 11.6 Å². The van der Waals surface area contributed by atoms with Gasteiger partial charge in [0.25, 0.3) is 0 Å². The SMILES string of the molecule is CCOC(=O)C[C@@H]1C[C@@](C(C)=O)(C(=O)OCC)[C@@H](c2ccc(Cl)cc2)[C@@H]1[N+](=O)[O-]. The second-order valence-corrected chi connectivity index (χ2v) is 7.46. The van der Waals surface area contributed by atoms with Crippen LogP contribution in [0.1, 0.15) is 45.1 Å². The van der Waals surface area contributed by atoms with Gasteiger partial charge in [-0.3, -0.25) is 24.5 Å². The molecule has 0 heterocycles. The van der Waals surface area contributed by atoms with Gasteiger partial charge in [0.15, 0.2) is 0 Å². The van der Waals surface area contributed by atoms with Gasteiger partial charge in [0.2, 0.25) is 6.04 Å². The third-order valence-electron chi connectivity index (χ3n) is 5.41. The topological polar surface area (TPSA) is 113 Å². The first-order chi connectivity index (χ1) is 13.7. The van der Waals surface area contributed by atoms with Gasteiger partial charge in [0, 0.05) is 15.9 Å².